The van der Waals surface area contributed by atoms with Crippen LogP contribution in [0.25, 0.3) is 0 Å². The van der Waals surface area contributed by atoms with Crippen molar-refractivity contribution in [3.05, 3.63) is 42.7 Å². The Morgan fingerprint density at radius 3 is 2.90 bits per heavy atom. The zero-order valence-electron chi connectivity index (χ0n) is 11.6. The van der Waals surface area contributed by atoms with Crippen molar-refractivity contribution in [2.45, 2.75) is 18.4 Å². The van der Waals surface area contributed by atoms with Crippen LogP contribution in [0.4, 0.5) is 0 Å². The highest BCUT2D eigenvalue weighted by atomic mass is 16.3. The van der Waals surface area contributed by atoms with Crippen LogP contribution >= 0.6 is 0 Å². The third-order valence-electron chi connectivity index (χ3n) is 3.69. The average Bonchev–Trinajstić information content (AvgIpc) is 2.49. The maximum atomic E-state index is 11.6. The summed E-state index contributed by atoms with van der Waals surface area (Å²) in [6.07, 6.45) is 6.31. The van der Waals surface area contributed by atoms with Crippen molar-refractivity contribution in [2.24, 2.45) is 0 Å². The van der Waals surface area contributed by atoms with E-state index in [9.17, 15) is 9.90 Å². The summed E-state index contributed by atoms with van der Waals surface area (Å²) >= 11 is 0. The molecule has 2 N–H and O–H groups in total. The molecular formula is C15H21N3O2. The molecule has 0 saturated carbocycles. The van der Waals surface area contributed by atoms with E-state index in [0.717, 1.165) is 5.56 Å². The largest absolute Gasteiger partial charge is 0.385 e. The summed E-state index contributed by atoms with van der Waals surface area (Å²) in [6.45, 7) is 5.83. The summed E-state index contributed by atoms with van der Waals surface area (Å²) in [5.74, 6) is -0.00304. The van der Waals surface area contributed by atoms with Gasteiger partial charge in [-0.3, -0.25) is 14.7 Å². The number of aliphatic hydroxyl groups is 1. The molecule has 1 aromatic heterocycles. The fourth-order valence-corrected chi connectivity index (χ4v) is 2.45. The molecule has 2 rings (SSSR count). The molecule has 1 saturated heterocycles. The van der Waals surface area contributed by atoms with Gasteiger partial charge in [0.1, 0.15) is 0 Å². The van der Waals surface area contributed by atoms with Gasteiger partial charge in [-0.25, -0.2) is 0 Å². The molecule has 20 heavy (non-hydrogen) atoms. The van der Waals surface area contributed by atoms with Gasteiger partial charge in [-0.05, 0) is 18.9 Å². The number of amides is 1. The lowest BCUT2D eigenvalue weighted by Crippen LogP contribution is -2.46. The molecule has 1 aliphatic heterocycles. The van der Waals surface area contributed by atoms with E-state index in [1.807, 2.05) is 12.1 Å². The number of aromatic nitrogens is 1. The molecule has 1 aromatic rings. The van der Waals surface area contributed by atoms with Gasteiger partial charge < -0.3 is 10.4 Å². The zero-order chi connectivity index (χ0) is 14.4. The Bertz CT molecular complexity index is 453. The second kappa shape index (κ2) is 6.63. The quantitative estimate of drug-likeness (QED) is 0.775. The van der Waals surface area contributed by atoms with E-state index < -0.39 is 5.60 Å². The summed E-state index contributed by atoms with van der Waals surface area (Å²) in [5, 5.41) is 13.4. The van der Waals surface area contributed by atoms with Gasteiger partial charge in [0, 0.05) is 37.6 Å². The van der Waals surface area contributed by atoms with E-state index in [1.54, 1.807) is 18.5 Å². The van der Waals surface area contributed by atoms with Crippen molar-refractivity contribution in [1.82, 2.24) is 15.2 Å². The fourth-order valence-electron chi connectivity index (χ4n) is 2.45. The Labute approximate surface area is 119 Å². The van der Waals surface area contributed by atoms with Crippen LogP contribution in [0, 0.1) is 0 Å². The van der Waals surface area contributed by atoms with Crippen LogP contribution in [0.1, 0.15) is 18.4 Å². The van der Waals surface area contributed by atoms with Crippen molar-refractivity contribution < 1.29 is 9.90 Å². The molecule has 0 radical (unpaired) electrons. The molecule has 0 aromatic carbocycles. The molecule has 0 aliphatic carbocycles. The normalized spacial score (nSPS) is 18.4. The third kappa shape index (κ3) is 3.65. The highest BCUT2D eigenvalue weighted by molar-refractivity contribution is 5.78. The maximum absolute atomic E-state index is 11.6. The lowest BCUT2D eigenvalue weighted by molar-refractivity contribution is -0.123. The molecule has 5 nitrogen and oxygen atoms in total. The summed E-state index contributed by atoms with van der Waals surface area (Å²) < 4.78 is 0. The number of piperidine rings is 1. The van der Waals surface area contributed by atoms with Gasteiger partial charge >= 0.3 is 0 Å². The number of carbonyl (C=O) groups excluding carboxylic acids is 1. The fraction of sp³-hybridized carbons (Fsp3) is 0.467. The first-order chi connectivity index (χ1) is 9.64. The Balaban J connectivity index is 1.86. The van der Waals surface area contributed by atoms with Crippen molar-refractivity contribution in [3.8, 4) is 0 Å². The Hall–Kier alpha value is -1.72. The SMILES string of the molecule is C=CCNC(=O)CN1CCC(O)(c2cccnc2)CC1. The average molecular weight is 275 g/mol. The number of nitrogens with one attached hydrogen (secondary N) is 1. The van der Waals surface area contributed by atoms with Gasteiger partial charge in [-0.1, -0.05) is 12.1 Å². The van der Waals surface area contributed by atoms with Gasteiger partial charge in [0.05, 0.1) is 12.1 Å². The van der Waals surface area contributed by atoms with E-state index in [2.05, 4.69) is 21.8 Å². The smallest absolute Gasteiger partial charge is 0.234 e. The van der Waals surface area contributed by atoms with Crippen LogP contribution in [0.2, 0.25) is 0 Å². The molecule has 0 bridgehead atoms. The van der Waals surface area contributed by atoms with Gasteiger partial charge in [-0.15, -0.1) is 6.58 Å². The Kier molecular flexibility index (Phi) is 4.87. The van der Waals surface area contributed by atoms with E-state index in [1.165, 1.54) is 0 Å². The number of hydrogen-bond donors (Lipinski definition) is 2. The minimum Gasteiger partial charge on any atom is -0.385 e. The van der Waals surface area contributed by atoms with Crippen LogP contribution in [0.5, 0.6) is 0 Å². The summed E-state index contributed by atoms with van der Waals surface area (Å²) in [6, 6.07) is 3.74. The number of nitrogens with zero attached hydrogens (tertiary/aromatic N) is 2. The van der Waals surface area contributed by atoms with Crippen LogP contribution in [-0.4, -0.2) is 47.1 Å². The minimum atomic E-state index is -0.817. The molecule has 108 valence electrons. The predicted octanol–water partition coefficient (Wildman–Crippen LogP) is 0.667. The summed E-state index contributed by atoms with van der Waals surface area (Å²) in [5.41, 5.74) is 0.0401. The first-order valence-electron chi connectivity index (χ1n) is 6.87. The van der Waals surface area contributed by atoms with Crippen molar-refractivity contribution in [2.75, 3.05) is 26.2 Å². The first-order valence-corrected chi connectivity index (χ1v) is 6.87. The van der Waals surface area contributed by atoms with Crippen LogP contribution < -0.4 is 5.32 Å². The molecule has 5 heteroatoms. The van der Waals surface area contributed by atoms with Crippen molar-refractivity contribution in [1.29, 1.82) is 0 Å². The topological polar surface area (TPSA) is 65.5 Å². The second-order valence-corrected chi connectivity index (χ2v) is 5.14. The predicted molar refractivity (Wildman–Crippen MR) is 77.0 cm³/mol. The molecule has 1 fully saturated rings. The van der Waals surface area contributed by atoms with Crippen LogP contribution in [0.3, 0.4) is 0 Å². The molecule has 1 aliphatic rings. The number of rotatable bonds is 5. The minimum absolute atomic E-state index is 0.00304. The lowest BCUT2D eigenvalue weighted by atomic mass is 9.85. The van der Waals surface area contributed by atoms with Crippen LogP contribution in [-0.2, 0) is 10.4 Å². The Morgan fingerprint density at radius 2 is 2.30 bits per heavy atom. The van der Waals surface area contributed by atoms with Crippen LogP contribution in [0.15, 0.2) is 37.2 Å². The van der Waals surface area contributed by atoms with Gasteiger partial charge in [0.2, 0.25) is 5.91 Å². The molecule has 2 heterocycles. The second-order valence-electron chi connectivity index (χ2n) is 5.14. The Morgan fingerprint density at radius 1 is 1.55 bits per heavy atom. The van der Waals surface area contributed by atoms with Gasteiger partial charge in [0.25, 0.3) is 0 Å². The van der Waals surface area contributed by atoms with E-state index in [0.29, 0.717) is 39.0 Å². The van der Waals surface area contributed by atoms with E-state index in [-0.39, 0.29) is 5.91 Å². The molecule has 1 amide bonds. The van der Waals surface area contributed by atoms with Gasteiger partial charge in [0.15, 0.2) is 0 Å². The van der Waals surface area contributed by atoms with E-state index >= 15 is 0 Å². The standard InChI is InChI=1S/C15H21N3O2/c1-2-7-17-14(19)12-18-9-5-15(20,6-10-18)13-4-3-8-16-11-13/h2-4,8,11,20H,1,5-7,9-10,12H2,(H,17,19). The van der Waals surface area contributed by atoms with Crippen molar-refractivity contribution >= 4 is 5.91 Å². The number of hydrogen-bond acceptors (Lipinski definition) is 4. The molecular weight excluding hydrogens is 254 g/mol. The number of pyridine rings is 1. The maximum Gasteiger partial charge on any atom is 0.234 e. The third-order valence-corrected chi connectivity index (χ3v) is 3.69. The summed E-state index contributed by atoms with van der Waals surface area (Å²) in [7, 11) is 0. The highest BCUT2D eigenvalue weighted by Crippen LogP contribution is 2.31. The monoisotopic (exact) mass is 275 g/mol. The van der Waals surface area contributed by atoms with E-state index in [4.69, 9.17) is 0 Å². The molecule has 0 spiro atoms. The van der Waals surface area contributed by atoms with Crippen molar-refractivity contribution in [3.63, 3.8) is 0 Å². The zero-order valence-corrected chi connectivity index (χ0v) is 11.6. The van der Waals surface area contributed by atoms with Gasteiger partial charge in [-0.2, -0.15) is 0 Å². The highest BCUT2D eigenvalue weighted by Gasteiger charge is 2.34. The molecule has 0 unspecified atom stereocenters. The first kappa shape index (κ1) is 14.7. The number of carbonyl (C=O) groups is 1. The summed E-state index contributed by atoms with van der Waals surface area (Å²) in [4.78, 5) is 17.7. The lowest BCUT2D eigenvalue weighted by Gasteiger charge is -2.38. The number of likely N-dealkylation sites (tertiary alicyclic amines) is 1. The molecule has 0 atom stereocenters.